The topological polar surface area (TPSA) is 60.9 Å². The van der Waals surface area contributed by atoms with E-state index >= 15 is 0 Å². The lowest BCUT2D eigenvalue weighted by Gasteiger charge is -2.36. The van der Waals surface area contributed by atoms with Gasteiger partial charge in [-0.05, 0) is 38.5 Å². The summed E-state index contributed by atoms with van der Waals surface area (Å²) in [5, 5.41) is 9.80. The Labute approximate surface area is 130 Å². The SMILES string of the molecule is CC(c1cccc(Cl)c1)N(C)C(=O)N(C)C(C)(C)C(=O)O. The van der Waals surface area contributed by atoms with E-state index in [1.807, 2.05) is 19.1 Å². The molecule has 0 heterocycles. The fraction of sp³-hybridized carbons (Fsp3) is 0.467. The Morgan fingerprint density at radius 3 is 2.33 bits per heavy atom. The lowest BCUT2D eigenvalue weighted by atomic mass is 10.0. The van der Waals surface area contributed by atoms with Gasteiger partial charge in [0.05, 0.1) is 6.04 Å². The Bertz CT molecular complexity index is 545. The number of halogens is 1. The predicted octanol–water partition coefficient (Wildman–Crippen LogP) is 3.25. The molecule has 6 heteroatoms. The molecule has 0 saturated heterocycles. The van der Waals surface area contributed by atoms with E-state index in [-0.39, 0.29) is 12.1 Å². The maximum atomic E-state index is 12.4. The number of benzene rings is 1. The first-order valence-corrected chi connectivity index (χ1v) is 6.96. The standard InChI is InChI=1S/C15H21ClN2O3/c1-10(11-7-6-8-12(16)9-11)17(4)14(21)18(5)15(2,3)13(19)20/h6-10H,1-5H3,(H,19,20). The zero-order valence-corrected chi connectivity index (χ0v) is 13.7. The number of hydrogen-bond donors (Lipinski definition) is 1. The molecule has 1 unspecified atom stereocenters. The molecule has 0 saturated carbocycles. The molecule has 1 aromatic rings. The Balaban J connectivity index is 2.95. The molecule has 0 bridgehead atoms. The van der Waals surface area contributed by atoms with E-state index in [2.05, 4.69) is 0 Å². The summed E-state index contributed by atoms with van der Waals surface area (Å²) in [6.07, 6.45) is 0. The molecule has 0 aliphatic heterocycles. The van der Waals surface area contributed by atoms with Crippen molar-refractivity contribution in [3.8, 4) is 0 Å². The molecule has 5 nitrogen and oxygen atoms in total. The van der Waals surface area contributed by atoms with Crippen molar-refractivity contribution in [2.24, 2.45) is 0 Å². The number of urea groups is 1. The predicted molar refractivity (Wildman–Crippen MR) is 82.5 cm³/mol. The molecule has 1 rings (SSSR count). The molecule has 0 aliphatic carbocycles. The lowest BCUT2D eigenvalue weighted by Crippen LogP contribution is -2.54. The van der Waals surface area contributed by atoms with Crippen LogP contribution >= 0.6 is 11.6 Å². The van der Waals surface area contributed by atoms with E-state index < -0.39 is 11.5 Å². The third kappa shape index (κ3) is 3.67. The molecule has 21 heavy (non-hydrogen) atoms. The number of carbonyl (C=O) groups excluding carboxylic acids is 1. The summed E-state index contributed by atoms with van der Waals surface area (Å²) < 4.78 is 0. The first-order chi connectivity index (χ1) is 9.59. The number of aliphatic carboxylic acids is 1. The van der Waals surface area contributed by atoms with Crippen LogP contribution in [0.2, 0.25) is 5.02 Å². The third-order valence-electron chi connectivity index (χ3n) is 3.86. The number of rotatable bonds is 4. The van der Waals surface area contributed by atoms with Gasteiger partial charge in [-0.15, -0.1) is 0 Å². The van der Waals surface area contributed by atoms with Gasteiger partial charge in [-0.1, -0.05) is 23.7 Å². The number of amides is 2. The molecule has 1 aromatic carbocycles. The Hall–Kier alpha value is -1.75. The Kier molecular flexibility index (Phi) is 5.23. The van der Waals surface area contributed by atoms with Crippen molar-refractivity contribution < 1.29 is 14.7 Å². The van der Waals surface area contributed by atoms with E-state index in [9.17, 15) is 14.7 Å². The molecule has 0 aliphatic rings. The fourth-order valence-electron chi connectivity index (χ4n) is 1.77. The van der Waals surface area contributed by atoms with Crippen LogP contribution < -0.4 is 0 Å². The molecular weight excluding hydrogens is 292 g/mol. The maximum Gasteiger partial charge on any atom is 0.329 e. The van der Waals surface area contributed by atoms with Crippen LogP contribution in [-0.4, -0.2) is 46.5 Å². The molecular formula is C15H21ClN2O3. The quantitative estimate of drug-likeness (QED) is 0.928. The van der Waals surface area contributed by atoms with Gasteiger partial charge in [0.25, 0.3) is 0 Å². The summed E-state index contributed by atoms with van der Waals surface area (Å²) in [7, 11) is 3.12. The zero-order valence-electron chi connectivity index (χ0n) is 12.9. The van der Waals surface area contributed by atoms with Crippen LogP contribution in [0.15, 0.2) is 24.3 Å². The van der Waals surface area contributed by atoms with Gasteiger partial charge in [-0.2, -0.15) is 0 Å². The summed E-state index contributed by atoms with van der Waals surface area (Å²) in [6.45, 7) is 4.85. The van der Waals surface area contributed by atoms with Gasteiger partial charge < -0.3 is 14.9 Å². The molecule has 1 atom stereocenters. The van der Waals surface area contributed by atoms with Crippen LogP contribution in [-0.2, 0) is 4.79 Å². The minimum Gasteiger partial charge on any atom is -0.480 e. The molecule has 0 radical (unpaired) electrons. The summed E-state index contributed by atoms with van der Waals surface area (Å²) in [4.78, 5) is 26.4. The molecule has 1 N–H and O–H groups in total. The third-order valence-corrected chi connectivity index (χ3v) is 4.10. The Morgan fingerprint density at radius 1 is 1.29 bits per heavy atom. The second-order valence-electron chi connectivity index (χ2n) is 5.55. The van der Waals surface area contributed by atoms with Crippen molar-refractivity contribution in [3.63, 3.8) is 0 Å². The highest BCUT2D eigenvalue weighted by atomic mass is 35.5. The van der Waals surface area contributed by atoms with E-state index in [1.54, 1.807) is 19.2 Å². The maximum absolute atomic E-state index is 12.4. The number of carbonyl (C=O) groups is 2. The van der Waals surface area contributed by atoms with Gasteiger partial charge in [0.2, 0.25) is 0 Å². The van der Waals surface area contributed by atoms with Crippen molar-refractivity contribution in [1.29, 1.82) is 0 Å². The molecule has 0 aromatic heterocycles. The Morgan fingerprint density at radius 2 is 1.86 bits per heavy atom. The zero-order chi connectivity index (χ0) is 16.4. The van der Waals surface area contributed by atoms with Crippen LogP contribution in [0.4, 0.5) is 4.79 Å². The van der Waals surface area contributed by atoms with Crippen molar-refractivity contribution in [1.82, 2.24) is 9.80 Å². The van der Waals surface area contributed by atoms with Crippen LogP contribution in [0.25, 0.3) is 0 Å². The van der Waals surface area contributed by atoms with Gasteiger partial charge in [0, 0.05) is 19.1 Å². The smallest absolute Gasteiger partial charge is 0.329 e. The highest BCUT2D eigenvalue weighted by molar-refractivity contribution is 6.30. The first kappa shape index (κ1) is 17.3. The van der Waals surface area contributed by atoms with E-state index in [4.69, 9.17) is 11.6 Å². The van der Waals surface area contributed by atoms with Crippen LogP contribution in [0.3, 0.4) is 0 Å². The molecule has 0 fully saturated rings. The minimum atomic E-state index is -1.28. The number of hydrogen-bond acceptors (Lipinski definition) is 2. The number of likely N-dealkylation sites (N-methyl/N-ethyl adjacent to an activating group) is 1. The average Bonchev–Trinajstić information content (AvgIpc) is 2.43. The lowest BCUT2D eigenvalue weighted by molar-refractivity contribution is -0.147. The molecule has 0 spiro atoms. The monoisotopic (exact) mass is 312 g/mol. The fourth-order valence-corrected chi connectivity index (χ4v) is 1.97. The minimum absolute atomic E-state index is 0.219. The molecule has 2 amide bonds. The highest BCUT2D eigenvalue weighted by Crippen LogP contribution is 2.24. The van der Waals surface area contributed by atoms with E-state index in [0.29, 0.717) is 5.02 Å². The van der Waals surface area contributed by atoms with E-state index in [0.717, 1.165) is 5.56 Å². The van der Waals surface area contributed by atoms with Crippen LogP contribution in [0.5, 0.6) is 0 Å². The van der Waals surface area contributed by atoms with Crippen LogP contribution in [0.1, 0.15) is 32.4 Å². The average molecular weight is 313 g/mol. The van der Waals surface area contributed by atoms with Crippen molar-refractivity contribution in [2.75, 3.05) is 14.1 Å². The summed E-state index contributed by atoms with van der Waals surface area (Å²) in [6, 6.07) is 6.66. The number of carboxylic acids is 1. The number of nitrogens with zero attached hydrogens (tertiary/aromatic N) is 2. The number of carboxylic acid groups (broad SMARTS) is 1. The van der Waals surface area contributed by atoms with Crippen LogP contribution in [0, 0.1) is 0 Å². The van der Waals surface area contributed by atoms with Crippen molar-refractivity contribution in [2.45, 2.75) is 32.4 Å². The van der Waals surface area contributed by atoms with Crippen molar-refractivity contribution >= 4 is 23.6 Å². The molecule has 116 valence electrons. The normalized spacial score (nSPS) is 12.7. The van der Waals surface area contributed by atoms with Crippen molar-refractivity contribution in [3.05, 3.63) is 34.9 Å². The van der Waals surface area contributed by atoms with Gasteiger partial charge in [-0.3, -0.25) is 0 Å². The van der Waals surface area contributed by atoms with Gasteiger partial charge in [-0.25, -0.2) is 9.59 Å². The van der Waals surface area contributed by atoms with Gasteiger partial charge >= 0.3 is 12.0 Å². The summed E-state index contributed by atoms with van der Waals surface area (Å²) in [5.74, 6) is -1.05. The largest absolute Gasteiger partial charge is 0.480 e. The first-order valence-electron chi connectivity index (χ1n) is 6.58. The second-order valence-corrected chi connectivity index (χ2v) is 5.98. The highest BCUT2D eigenvalue weighted by Gasteiger charge is 2.37. The van der Waals surface area contributed by atoms with Gasteiger partial charge in [0.15, 0.2) is 0 Å². The second kappa shape index (κ2) is 6.35. The summed E-state index contributed by atoms with van der Waals surface area (Å²) in [5.41, 5.74) is -0.390. The van der Waals surface area contributed by atoms with Gasteiger partial charge in [0.1, 0.15) is 5.54 Å². The van der Waals surface area contributed by atoms with E-state index in [1.165, 1.54) is 30.7 Å². The summed E-state index contributed by atoms with van der Waals surface area (Å²) >= 11 is 5.96.